The quantitative estimate of drug-likeness (QED) is 0.655. The van der Waals surface area contributed by atoms with Crippen LogP contribution in [0.1, 0.15) is 22.8 Å². The number of allylic oxidation sites excluding steroid dienone is 1. The highest BCUT2D eigenvalue weighted by Gasteiger charge is 2.13. The standard InChI is InChI=1S/C19H19NO4/c1-14(12-18(21)23-2)20-19(22)16-10-6-7-11-17(16)24-13-15-8-4-3-5-9-15/h3-12H,13H2,1-2H3,(H,20,22)/b14-12-. The Balaban J connectivity index is 2.09. The highest BCUT2D eigenvalue weighted by Crippen LogP contribution is 2.19. The molecule has 5 nitrogen and oxygen atoms in total. The minimum atomic E-state index is -0.526. The van der Waals surface area contributed by atoms with E-state index in [0.29, 0.717) is 23.6 Å². The maximum Gasteiger partial charge on any atom is 0.332 e. The molecule has 2 aromatic carbocycles. The molecule has 1 N–H and O–H groups in total. The molecule has 0 aliphatic rings. The maximum atomic E-state index is 12.4. The van der Waals surface area contributed by atoms with E-state index in [2.05, 4.69) is 10.1 Å². The number of carbonyl (C=O) groups is 2. The molecule has 5 heteroatoms. The molecular weight excluding hydrogens is 306 g/mol. The number of ether oxygens (including phenoxy) is 2. The number of methoxy groups -OCH3 is 1. The summed E-state index contributed by atoms with van der Waals surface area (Å²) in [6.07, 6.45) is 1.21. The zero-order chi connectivity index (χ0) is 17.4. The van der Waals surface area contributed by atoms with Crippen molar-refractivity contribution in [3.05, 3.63) is 77.5 Å². The molecule has 0 aliphatic heterocycles. The molecule has 0 aromatic heterocycles. The summed E-state index contributed by atoms with van der Waals surface area (Å²) >= 11 is 0. The number of rotatable bonds is 6. The molecule has 2 rings (SSSR count). The molecule has 24 heavy (non-hydrogen) atoms. The van der Waals surface area contributed by atoms with Gasteiger partial charge < -0.3 is 14.8 Å². The first-order chi connectivity index (χ1) is 11.6. The number of esters is 1. The van der Waals surface area contributed by atoms with Crippen LogP contribution in [0, 0.1) is 0 Å². The minimum Gasteiger partial charge on any atom is -0.488 e. The van der Waals surface area contributed by atoms with Crippen molar-refractivity contribution in [2.45, 2.75) is 13.5 Å². The van der Waals surface area contributed by atoms with Crippen molar-refractivity contribution >= 4 is 11.9 Å². The zero-order valence-electron chi connectivity index (χ0n) is 13.6. The number of hydrogen-bond donors (Lipinski definition) is 1. The first-order valence-electron chi connectivity index (χ1n) is 7.43. The third-order valence-electron chi connectivity index (χ3n) is 3.22. The molecule has 0 spiro atoms. The van der Waals surface area contributed by atoms with Crippen molar-refractivity contribution in [1.82, 2.24) is 5.32 Å². The highest BCUT2D eigenvalue weighted by atomic mass is 16.5. The second-order valence-corrected chi connectivity index (χ2v) is 5.08. The second-order valence-electron chi connectivity index (χ2n) is 5.08. The van der Waals surface area contributed by atoms with Gasteiger partial charge >= 0.3 is 5.97 Å². The Morgan fingerprint density at radius 2 is 1.71 bits per heavy atom. The monoisotopic (exact) mass is 325 g/mol. The van der Waals surface area contributed by atoms with E-state index in [-0.39, 0.29) is 5.91 Å². The molecule has 0 radical (unpaired) electrons. The third-order valence-corrected chi connectivity index (χ3v) is 3.22. The predicted octanol–water partition coefficient (Wildman–Crippen LogP) is 3.07. The van der Waals surface area contributed by atoms with E-state index in [1.54, 1.807) is 31.2 Å². The first kappa shape index (κ1) is 17.3. The van der Waals surface area contributed by atoms with Crippen molar-refractivity contribution in [3.8, 4) is 5.75 Å². The Hall–Kier alpha value is -3.08. The molecule has 124 valence electrons. The number of amides is 1. The lowest BCUT2D eigenvalue weighted by Crippen LogP contribution is -2.23. The van der Waals surface area contributed by atoms with Crippen LogP contribution in [-0.4, -0.2) is 19.0 Å². The van der Waals surface area contributed by atoms with Crippen LogP contribution in [0.4, 0.5) is 0 Å². The van der Waals surface area contributed by atoms with Crippen LogP contribution in [0.3, 0.4) is 0 Å². The summed E-state index contributed by atoms with van der Waals surface area (Å²) in [4.78, 5) is 23.6. The van der Waals surface area contributed by atoms with Gasteiger partial charge in [-0.15, -0.1) is 0 Å². The largest absolute Gasteiger partial charge is 0.488 e. The van der Waals surface area contributed by atoms with Gasteiger partial charge in [-0.1, -0.05) is 42.5 Å². The van der Waals surface area contributed by atoms with Crippen molar-refractivity contribution < 1.29 is 19.1 Å². The molecule has 0 bridgehead atoms. The molecule has 1 amide bonds. The van der Waals surface area contributed by atoms with Gasteiger partial charge in [0.15, 0.2) is 0 Å². The Labute approximate surface area is 140 Å². The molecule has 0 saturated heterocycles. The van der Waals surface area contributed by atoms with E-state index in [1.807, 2.05) is 30.3 Å². The normalized spacial score (nSPS) is 10.8. The number of carbonyl (C=O) groups excluding carboxylic acids is 2. The summed E-state index contributed by atoms with van der Waals surface area (Å²) < 4.78 is 10.3. The maximum absolute atomic E-state index is 12.4. The van der Waals surface area contributed by atoms with Crippen LogP contribution in [0.25, 0.3) is 0 Å². The lowest BCUT2D eigenvalue weighted by Gasteiger charge is -2.12. The highest BCUT2D eigenvalue weighted by molar-refractivity contribution is 5.98. The lowest BCUT2D eigenvalue weighted by atomic mass is 10.2. The molecule has 0 aliphatic carbocycles. The molecular formula is C19H19NO4. The summed E-state index contributed by atoms with van der Waals surface area (Å²) in [5, 5.41) is 2.64. The fraction of sp³-hybridized carbons (Fsp3) is 0.158. The van der Waals surface area contributed by atoms with Crippen molar-refractivity contribution in [3.63, 3.8) is 0 Å². The Bertz CT molecular complexity index is 738. The van der Waals surface area contributed by atoms with Gasteiger partial charge in [0.25, 0.3) is 5.91 Å². The average Bonchev–Trinajstić information content (AvgIpc) is 2.60. The van der Waals surface area contributed by atoms with E-state index in [1.165, 1.54) is 13.2 Å². The molecule has 0 atom stereocenters. The number of para-hydroxylation sites is 1. The fourth-order valence-electron chi connectivity index (χ4n) is 2.03. The van der Waals surface area contributed by atoms with Crippen molar-refractivity contribution in [2.24, 2.45) is 0 Å². The van der Waals surface area contributed by atoms with Gasteiger partial charge in [-0.3, -0.25) is 4.79 Å². The Morgan fingerprint density at radius 1 is 1.04 bits per heavy atom. The topological polar surface area (TPSA) is 64.6 Å². The summed E-state index contributed by atoms with van der Waals surface area (Å²) in [6, 6.07) is 16.6. The van der Waals surface area contributed by atoms with Crippen LogP contribution < -0.4 is 10.1 Å². The first-order valence-corrected chi connectivity index (χ1v) is 7.43. The molecule has 0 saturated carbocycles. The zero-order valence-corrected chi connectivity index (χ0v) is 13.6. The van der Waals surface area contributed by atoms with Gasteiger partial charge in [-0.2, -0.15) is 0 Å². The van der Waals surface area contributed by atoms with E-state index in [0.717, 1.165) is 5.56 Å². The minimum absolute atomic E-state index is 0.351. The molecule has 0 heterocycles. The average molecular weight is 325 g/mol. The summed E-state index contributed by atoms with van der Waals surface area (Å²) in [5.41, 5.74) is 1.80. The third kappa shape index (κ3) is 4.98. The summed E-state index contributed by atoms with van der Waals surface area (Å²) in [5.74, 6) is -0.401. The Morgan fingerprint density at radius 3 is 2.42 bits per heavy atom. The molecule has 0 unspecified atom stereocenters. The number of hydrogen-bond acceptors (Lipinski definition) is 4. The van der Waals surface area contributed by atoms with E-state index in [9.17, 15) is 9.59 Å². The summed E-state index contributed by atoms with van der Waals surface area (Å²) in [7, 11) is 1.28. The van der Waals surface area contributed by atoms with Crippen molar-refractivity contribution in [1.29, 1.82) is 0 Å². The van der Waals surface area contributed by atoms with Gasteiger partial charge in [0.1, 0.15) is 12.4 Å². The van der Waals surface area contributed by atoms with E-state index >= 15 is 0 Å². The van der Waals surface area contributed by atoms with Gasteiger partial charge in [-0.05, 0) is 24.6 Å². The van der Waals surface area contributed by atoms with Crippen LogP contribution in [-0.2, 0) is 16.1 Å². The van der Waals surface area contributed by atoms with Crippen LogP contribution in [0.15, 0.2) is 66.4 Å². The van der Waals surface area contributed by atoms with E-state index in [4.69, 9.17) is 4.74 Å². The van der Waals surface area contributed by atoms with Gasteiger partial charge in [0, 0.05) is 11.8 Å². The number of benzene rings is 2. The molecule has 2 aromatic rings. The van der Waals surface area contributed by atoms with Crippen LogP contribution >= 0.6 is 0 Å². The smallest absolute Gasteiger partial charge is 0.332 e. The fourth-order valence-corrected chi connectivity index (χ4v) is 2.03. The Kier molecular flexibility index (Phi) is 6.14. The summed E-state index contributed by atoms with van der Waals surface area (Å²) in [6.45, 7) is 1.98. The van der Waals surface area contributed by atoms with Crippen LogP contribution in [0.5, 0.6) is 5.75 Å². The van der Waals surface area contributed by atoms with Gasteiger partial charge in [-0.25, -0.2) is 4.79 Å². The van der Waals surface area contributed by atoms with E-state index < -0.39 is 5.97 Å². The lowest BCUT2D eigenvalue weighted by molar-refractivity contribution is -0.134. The van der Waals surface area contributed by atoms with Gasteiger partial charge in [0.2, 0.25) is 0 Å². The predicted molar refractivity (Wildman–Crippen MR) is 90.5 cm³/mol. The van der Waals surface area contributed by atoms with Crippen molar-refractivity contribution in [2.75, 3.05) is 7.11 Å². The number of nitrogens with one attached hydrogen (secondary N) is 1. The van der Waals surface area contributed by atoms with Crippen LogP contribution in [0.2, 0.25) is 0 Å². The SMILES string of the molecule is COC(=O)/C=C(/C)NC(=O)c1ccccc1OCc1ccccc1. The molecule has 0 fully saturated rings. The van der Waals surface area contributed by atoms with Gasteiger partial charge in [0.05, 0.1) is 12.7 Å². The second kappa shape index (κ2) is 8.53.